The first kappa shape index (κ1) is 19.6. The molecule has 0 bridgehead atoms. The van der Waals surface area contributed by atoms with Crippen molar-refractivity contribution in [3.8, 4) is 11.8 Å². The van der Waals surface area contributed by atoms with E-state index in [4.69, 9.17) is 0 Å². The van der Waals surface area contributed by atoms with Crippen LogP contribution in [-0.4, -0.2) is 29.5 Å². The molecule has 8 nitrogen and oxygen atoms in total. The number of H-pyrrole nitrogens is 1. The summed E-state index contributed by atoms with van der Waals surface area (Å²) in [6.07, 6.45) is -2.80. The molecular weight excluding hydrogens is 437 g/mol. The molecular formula is C19H8F5N7O. The molecule has 0 aliphatic carbocycles. The maximum Gasteiger partial charge on any atom is 0.434 e. The number of alkyl halides is 5. The zero-order valence-corrected chi connectivity index (χ0v) is 15.5. The minimum absolute atomic E-state index is 0.114. The second-order valence-electron chi connectivity index (χ2n) is 6.76. The van der Waals surface area contributed by atoms with Gasteiger partial charge in [0.15, 0.2) is 11.2 Å². The van der Waals surface area contributed by atoms with E-state index in [1.165, 1.54) is 24.4 Å². The Labute approximate surface area is 173 Å². The molecule has 32 heavy (non-hydrogen) atoms. The van der Waals surface area contributed by atoms with Crippen molar-refractivity contribution in [1.82, 2.24) is 29.5 Å². The molecule has 0 saturated carbocycles. The first-order valence-corrected chi connectivity index (χ1v) is 8.87. The summed E-state index contributed by atoms with van der Waals surface area (Å²) in [5.74, 6) is 0. The molecule has 0 amide bonds. The van der Waals surface area contributed by atoms with Gasteiger partial charge in [-0.25, -0.2) is 9.67 Å². The number of nitrogens with one attached hydrogen (secondary N) is 1. The molecule has 0 aliphatic rings. The van der Waals surface area contributed by atoms with E-state index in [0.717, 1.165) is 16.8 Å². The van der Waals surface area contributed by atoms with Crippen molar-refractivity contribution in [1.29, 1.82) is 5.26 Å². The normalized spacial score (nSPS) is 12.3. The summed E-state index contributed by atoms with van der Waals surface area (Å²) in [5, 5.41) is 19.5. The highest BCUT2D eigenvalue weighted by Crippen LogP contribution is 2.34. The van der Waals surface area contributed by atoms with E-state index in [1.807, 2.05) is 0 Å². The average Bonchev–Trinajstić information content (AvgIpc) is 3.40. The van der Waals surface area contributed by atoms with Crippen LogP contribution in [0.1, 0.15) is 17.8 Å². The van der Waals surface area contributed by atoms with Crippen LogP contribution < -0.4 is 5.56 Å². The molecule has 4 aromatic heterocycles. The van der Waals surface area contributed by atoms with Gasteiger partial charge < -0.3 is 0 Å². The fourth-order valence-electron chi connectivity index (χ4n) is 3.59. The lowest BCUT2D eigenvalue weighted by molar-refractivity contribution is -0.141. The lowest BCUT2D eigenvalue weighted by atomic mass is 10.1. The van der Waals surface area contributed by atoms with Gasteiger partial charge in [-0.3, -0.25) is 14.5 Å². The molecule has 0 fully saturated rings. The van der Waals surface area contributed by atoms with Gasteiger partial charge in [-0.1, -0.05) is 6.07 Å². The number of nitriles is 1. The highest BCUT2D eigenvalue weighted by atomic mass is 19.4. The van der Waals surface area contributed by atoms with E-state index in [0.29, 0.717) is 10.9 Å². The molecule has 1 aromatic carbocycles. The molecule has 4 heterocycles. The maximum absolute atomic E-state index is 13.6. The summed E-state index contributed by atoms with van der Waals surface area (Å²) in [6, 6.07) is 6.91. The van der Waals surface area contributed by atoms with Crippen LogP contribution in [0, 0.1) is 11.3 Å². The molecule has 5 rings (SSSR count). The van der Waals surface area contributed by atoms with Gasteiger partial charge >= 0.3 is 12.7 Å². The van der Waals surface area contributed by atoms with Crippen LogP contribution in [0.15, 0.2) is 41.5 Å². The molecule has 0 aliphatic heterocycles. The first-order chi connectivity index (χ1) is 15.2. The summed E-state index contributed by atoms with van der Waals surface area (Å²) in [5.41, 5.74) is -3.55. The lowest BCUT2D eigenvalue weighted by Gasteiger charge is -2.14. The van der Waals surface area contributed by atoms with Gasteiger partial charge in [0.05, 0.1) is 23.0 Å². The Hall–Kier alpha value is -4.34. The second-order valence-corrected chi connectivity index (χ2v) is 6.76. The molecule has 0 unspecified atom stereocenters. The Morgan fingerprint density at radius 2 is 1.94 bits per heavy atom. The number of halogens is 5. The molecule has 0 saturated heterocycles. The third-order valence-electron chi connectivity index (χ3n) is 4.93. The van der Waals surface area contributed by atoms with Crippen LogP contribution >= 0.6 is 0 Å². The predicted octanol–water partition coefficient (Wildman–Crippen LogP) is 3.90. The van der Waals surface area contributed by atoms with Crippen LogP contribution in [0.2, 0.25) is 0 Å². The fraction of sp³-hybridized carbons (Fsp3) is 0.105. The number of benzene rings is 1. The van der Waals surface area contributed by atoms with E-state index in [1.54, 1.807) is 6.07 Å². The quantitative estimate of drug-likeness (QED) is 0.415. The van der Waals surface area contributed by atoms with Gasteiger partial charge in [0.2, 0.25) is 0 Å². The predicted molar refractivity (Wildman–Crippen MR) is 101 cm³/mol. The van der Waals surface area contributed by atoms with Crippen LogP contribution in [0.5, 0.6) is 0 Å². The van der Waals surface area contributed by atoms with E-state index in [-0.39, 0.29) is 21.1 Å². The molecule has 160 valence electrons. The van der Waals surface area contributed by atoms with E-state index >= 15 is 0 Å². The number of pyridine rings is 2. The summed E-state index contributed by atoms with van der Waals surface area (Å²) in [6.45, 7) is -3.10. The number of fused-ring (bicyclic) bond motifs is 4. The average molecular weight is 445 g/mol. The van der Waals surface area contributed by atoms with Crippen LogP contribution in [0.25, 0.3) is 38.5 Å². The number of aromatic nitrogens is 6. The third-order valence-corrected chi connectivity index (χ3v) is 4.93. The minimum atomic E-state index is -5.00. The summed E-state index contributed by atoms with van der Waals surface area (Å²) in [7, 11) is 0. The van der Waals surface area contributed by atoms with Crippen molar-refractivity contribution >= 4 is 32.8 Å². The standard InChI is InChI=1S/C19H8F5N7O/c20-18(21)30-7-11-9-4-8(5-25)15(19(22,23)24)27-16(9)31(17(32)14(11)29-30)13-3-1-2-12-10(13)6-26-28-12/h1-4,6-7,18H,(H,26,28). The number of aromatic amines is 1. The molecule has 5 aromatic rings. The van der Waals surface area contributed by atoms with Gasteiger partial charge in [0, 0.05) is 22.4 Å². The van der Waals surface area contributed by atoms with Crippen molar-refractivity contribution in [2.75, 3.05) is 0 Å². The van der Waals surface area contributed by atoms with Gasteiger partial charge in [0.1, 0.15) is 11.7 Å². The monoisotopic (exact) mass is 445 g/mol. The zero-order chi connectivity index (χ0) is 22.8. The van der Waals surface area contributed by atoms with Crippen LogP contribution in [-0.2, 0) is 6.18 Å². The SMILES string of the molecule is N#Cc1cc2c3cn(C(F)F)nc3c(=O)n(-c3cccc4[nH]ncc34)c2nc1C(F)(F)F. The number of nitrogens with zero attached hydrogens (tertiary/aromatic N) is 6. The van der Waals surface area contributed by atoms with E-state index in [2.05, 4.69) is 20.3 Å². The van der Waals surface area contributed by atoms with E-state index < -0.39 is 40.7 Å². The summed E-state index contributed by atoms with van der Waals surface area (Å²) < 4.78 is 68.4. The fourth-order valence-corrected chi connectivity index (χ4v) is 3.59. The highest BCUT2D eigenvalue weighted by molar-refractivity contribution is 6.04. The van der Waals surface area contributed by atoms with Crippen LogP contribution in [0.3, 0.4) is 0 Å². The van der Waals surface area contributed by atoms with Gasteiger partial charge in [0.25, 0.3) is 5.56 Å². The summed E-state index contributed by atoms with van der Waals surface area (Å²) in [4.78, 5) is 16.9. The topological polar surface area (TPSA) is 105 Å². The number of hydrogen-bond donors (Lipinski definition) is 1. The Morgan fingerprint density at radius 3 is 2.62 bits per heavy atom. The Balaban J connectivity index is 2.04. The molecule has 0 radical (unpaired) electrons. The molecule has 13 heteroatoms. The Morgan fingerprint density at radius 1 is 1.16 bits per heavy atom. The maximum atomic E-state index is 13.6. The zero-order valence-electron chi connectivity index (χ0n) is 15.5. The summed E-state index contributed by atoms with van der Waals surface area (Å²) >= 11 is 0. The lowest BCUT2D eigenvalue weighted by Crippen LogP contribution is -2.22. The largest absolute Gasteiger partial charge is 0.434 e. The van der Waals surface area contributed by atoms with Crippen molar-refractivity contribution in [3.63, 3.8) is 0 Å². The van der Waals surface area contributed by atoms with Gasteiger partial charge in [-0.05, 0) is 18.2 Å². The van der Waals surface area contributed by atoms with Crippen molar-refractivity contribution in [2.24, 2.45) is 0 Å². The molecule has 0 spiro atoms. The third kappa shape index (κ3) is 2.73. The van der Waals surface area contributed by atoms with Crippen molar-refractivity contribution in [2.45, 2.75) is 12.7 Å². The molecule has 0 atom stereocenters. The van der Waals surface area contributed by atoms with Crippen LogP contribution in [0.4, 0.5) is 22.0 Å². The van der Waals surface area contributed by atoms with Crippen molar-refractivity contribution in [3.05, 3.63) is 58.3 Å². The first-order valence-electron chi connectivity index (χ1n) is 8.87. The second kappa shape index (κ2) is 6.58. The van der Waals surface area contributed by atoms with Crippen molar-refractivity contribution < 1.29 is 22.0 Å². The Kier molecular flexibility index (Phi) is 4.03. The number of rotatable bonds is 2. The minimum Gasteiger partial charge on any atom is -0.278 e. The Bertz CT molecular complexity index is 1640. The van der Waals surface area contributed by atoms with E-state index in [9.17, 15) is 32.0 Å². The van der Waals surface area contributed by atoms with Gasteiger partial charge in [-0.15, -0.1) is 0 Å². The smallest absolute Gasteiger partial charge is 0.278 e. The highest BCUT2D eigenvalue weighted by Gasteiger charge is 2.37. The molecule has 1 N–H and O–H groups in total. The van der Waals surface area contributed by atoms with Gasteiger partial charge in [-0.2, -0.15) is 37.4 Å². The number of hydrogen-bond acceptors (Lipinski definition) is 5.